The third-order valence-electron chi connectivity index (χ3n) is 2.44. The predicted molar refractivity (Wildman–Crippen MR) is 59.3 cm³/mol. The highest BCUT2D eigenvalue weighted by molar-refractivity contribution is 5.22. The van der Waals surface area contributed by atoms with E-state index in [2.05, 4.69) is 11.4 Å². The fourth-order valence-corrected chi connectivity index (χ4v) is 1.50. The molecule has 0 heterocycles. The molecule has 3 nitrogen and oxygen atoms in total. The van der Waals surface area contributed by atoms with Crippen LogP contribution in [0.25, 0.3) is 0 Å². The smallest absolute Gasteiger partial charge is 0.102 e. The van der Waals surface area contributed by atoms with Crippen LogP contribution in [0.4, 0.5) is 0 Å². The van der Waals surface area contributed by atoms with Gasteiger partial charge in [-0.3, -0.25) is 5.32 Å². The number of nitriles is 1. The lowest BCUT2D eigenvalue weighted by Crippen LogP contribution is -2.34. The van der Waals surface area contributed by atoms with E-state index in [0.717, 1.165) is 5.56 Å². The van der Waals surface area contributed by atoms with E-state index in [-0.39, 0.29) is 18.6 Å². The summed E-state index contributed by atoms with van der Waals surface area (Å²) >= 11 is 0. The van der Waals surface area contributed by atoms with Gasteiger partial charge in [-0.25, -0.2) is 0 Å². The Morgan fingerprint density at radius 3 is 2.60 bits per heavy atom. The highest BCUT2D eigenvalue weighted by Gasteiger charge is 2.16. The Kier molecular flexibility index (Phi) is 4.82. The van der Waals surface area contributed by atoms with E-state index in [4.69, 9.17) is 10.4 Å². The van der Waals surface area contributed by atoms with E-state index in [1.165, 1.54) is 0 Å². The Morgan fingerprint density at radius 2 is 2.07 bits per heavy atom. The van der Waals surface area contributed by atoms with Gasteiger partial charge in [-0.05, 0) is 5.56 Å². The molecule has 0 aliphatic heterocycles. The van der Waals surface area contributed by atoms with Gasteiger partial charge in [0.15, 0.2) is 0 Å². The second kappa shape index (κ2) is 6.18. The van der Waals surface area contributed by atoms with Crippen molar-refractivity contribution in [3.8, 4) is 6.07 Å². The highest BCUT2D eigenvalue weighted by Crippen LogP contribution is 2.18. The van der Waals surface area contributed by atoms with Crippen LogP contribution in [0.2, 0.25) is 0 Å². The number of hydrogen-bond donors (Lipinski definition) is 2. The summed E-state index contributed by atoms with van der Waals surface area (Å²) in [6, 6.07) is 11.9. The average Bonchev–Trinajstić information content (AvgIpc) is 2.31. The van der Waals surface area contributed by atoms with Crippen molar-refractivity contribution >= 4 is 0 Å². The van der Waals surface area contributed by atoms with E-state index in [1.807, 2.05) is 37.3 Å². The molecule has 1 aromatic carbocycles. The fourth-order valence-electron chi connectivity index (χ4n) is 1.50. The number of benzene rings is 1. The van der Waals surface area contributed by atoms with Gasteiger partial charge in [0.1, 0.15) is 6.04 Å². The van der Waals surface area contributed by atoms with Gasteiger partial charge in [0.25, 0.3) is 0 Å². The summed E-state index contributed by atoms with van der Waals surface area (Å²) < 4.78 is 0. The quantitative estimate of drug-likeness (QED) is 0.759. The van der Waals surface area contributed by atoms with Crippen molar-refractivity contribution in [2.75, 3.05) is 13.2 Å². The molecule has 1 rings (SSSR count). The number of hydrogen-bond acceptors (Lipinski definition) is 3. The second-order valence-electron chi connectivity index (χ2n) is 3.48. The molecule has 0 aliphatic carbocycles. The first-order valence-electron chi connectivity index (χ1n) is 5.08. The first kappa shape index (κ1) is 11.7. The number of nitrogens with one attached hydrogen (secondary N) is 1. The van der Waals surface area contributed by atoms with Crippen molar-refractivity contribution in [3.63, 3.8) is 0 Å². The van der Waals surface area contributed by atoms with Gasteiger partial charge < -0.3 is 5.11 Å². The first-order chi connectivity index (χ1) is 7.29. The Balaban J connectivity index is 2.66. The number of aliphatic hydroxyl groups excluding tert-OH is 1. The van der Waals surface area contributed by atoms with Crippen LogP contribution in [-0.2, 0) is 0 Å². The third-order valence-corrected chi connectivity index (χ3v) is 2.44. The van der Waals surface area contributed by atoms with Gasteiger partial charge in [0.2, 0.25) is 0 Å². The maximum absolute atomic E-state index is 8.99. The Labute approximate surface area is 90.4 Å². The number of rotatable bonds is 5. The minimum atomic E-state index is -0.250. The van der Waals surface area contributed by atoms with Crippen LogP contribution < -0.4 is 5.32 Å². The van der Waals surface area contributed by atoms with Crippen LogP contribution in [0.1, 0.15) is 18.4 Å². The van der Waals surface area contributed by atoms with E-state index >= 15 is 0 Å². The molecule has 0 spiro atoms. The second-order valence-corrected chi connectivity index (χ2v) is 3.48. The van der Waals surface area contributed by atoms with Crippen LogP contribution >= 0.6 is 0 Å². The van der Waals surface area contributed by atoms with Gasteiger partial charge in [0.05, 0.1) is 12.7 Å². The van der Waals surface area contributed by atoms with Crippen molar-refractivity contribution in [2.45, 2.75) is 18.9 Å². The van der Waals surface area contributed by atoms with Crippen molar-refractivity contribution in [3.05, 3.63) is 35.9 Å². The molecule has 0 radical (unpaired) electrons. The zero-order chi connectivity index (χ0) is 11.1. The molecule has 3 heteroatoms. The van der Waals surface area contributed by atoms with E-state index in [9.17, 15) is 0 Å². The van der Waals surface area contributed by atoms with Gasteiger partial charge in [-0.2, -0.15) is 5.26 Å². The van der Waals surface area contributed by atoms with Gasteiger partial charge >= 0.3 is 0 Å². The molecule has 0 saturated carbocycles. The predicted octanol–water partition coefficient (Wildman–Crippen LogP) is 1.26. The molecule has 2 N–H and O–H groups in total. The third kappa shape index (κ3) is 3.35. The maximum atomic E-state index is 8.99. The lowest BCUT2D eigenvalue weighted by Gasteiger charge is -2.18. The molecule has 80 valence electrons. The van der Waals surface area contributed by atoms with E-state index in [1.54, 1.807) is 0 Å². The molecule has 0 saturated heterocycles. The highest BCUT2D eigenvalue weighted by atomic mass is 16.3. The standard InChI is InChI=1S/C12H16N2O/c1-10(11-5-3-2-4-6-11)12(9-13)14-7-8-15/h2-6,10,12,14-15H,7-8H2,1H3. The van der Waals surface area contributed by atoms with Crippen molar-refractivity contribution in [1.29, 1.82) is 5.26 Å². The molecular weight excluding hydrogens is 188 g/mol. The maximum Gasteiger partial charge on any atom is 0.102 e. The lowest BCUT2D eigenvalue weighted by atomic mass is 9.94. The zero-order valence-corrected chi connectivity index (χ0v) is 8.85. The van der Waals surface area contributed by atoms with E-state index in [0.29, 0.717) is 6.54 Å². The molecule has 15 heavy (non-hydrogen) atoms. The average molecular weight is 204 g/mol. The molecule has 2 atom stereocenters. The Bertz CT molecular complexity index is 318. The molecule has 0 bridgehead atoms. The Hall–Kier alpha value is -1.37. The summed E-state index contributed by atoms with van der Waals surface area (Å²) in [6.45, 7) is 2.52. The topological polar surface area (TPSA) is 56.0 Å². The molecule has 1 aromatic rings. The summed E-state index contributed by atoms with van der Waals surface area (Å²) in [7, 11) is 0. The van der Waals surface area contributed by atoms with Gasteiger partial charge in [0, 0.05) is 12.5 Å². The Morgan fingerprint density at radius 1 is 1.40 bits per heavy atom. The van der Waals surface area contributed by atoms with E-state index < -0.39 is 0 Å². The molecule has 0 aromatic heterocycles. The van der Waals surface area contributed by atoms with Crippen molar-refractivity contribution in [1.82, 2.24) is 5.32 Å². The van der Waals surface area contributed by atoms with Gasteiger partial charge in [-0.1, -0.05) is 37.3 Å². The zero-order valence-electron chi connectivity index (χ0n) is 8.85. The molecule has 0 amide bonds. The van der Waals surface area contributed by atoms with Crippen molar-refractivity contribution in [2.24, 2.45) is 0 Å². The fraction of sp³-hybridized carbons (Fsp3) is 0.417. The van der Waals surface area contributed by atoms with Gasteiger partial charge in [-0.15, -0.1) is 0 Å². The van der Waals surface area contributed by atoms with Crippen molar-refractivity contribution < 1.29 is 5.11 Å². The largest absolute Gasteiger partial charge is 0.395 e. The lowest BCUT2D eigenvalue weighted by molar-refractivity contribution is 0.286. The van der Waals surface area contributed by atoms with Crippen LogP contribution in [0.3, 0.4) is 0 Å². The normalized spacial score (nSPS) is 14.2. The number of nitrogens with zero attached hydrogens (tertiary/aromatic N) is 1. The SMILES string of the molecule is CC(c1ccccc1)C(C#N)NCCO. The molecule has 2 unspecified atom stereocenters. The summed E-state index contributed by atoms with van der Waals surface area (Å²) in [5.41, 5.74) is 1.13. The monoisotopic (exact) mass is 204 g/mol. The molecule has 0 aliphatic rings. The van der Waals surface area contributed by atoms with Crippen LogP contribution in [0.5, 0.6) is 0 Å². The number of aliphatic hydroxyl groups is 1. The minimum Gasteiger partial charge on any atom is -0.395 e. The summed E-state index contributed by atoms with van der Waals surface area (Å²) in [5.74, 6) is 0.128. The van der Waals surface area contributed by atoms with Crippen LogP contribution in [-0.4, -0.2) is 24.3 Å². The molecule has 0 fully saturated rings. The van der Waals surface area contributed by atoms with Crippen LogP contribution in [0.15, 0.2) is 30.3 Å². The summed E-state index contributed by atoms with van der Waals surface area (Å²) in [4.78, 5) is 0. The summed E-state index contributed by atoms with van der Waals surface area (Å²) in [6.07, 6.45) is 0. The molecular formula is C12H16N2O. The van der Waals surface area contributed by atoms with Crippen LogP contribution in [0, 0.1) is 11.3 Å². The summed E-state index contributed by atoms with van der Waals surface area (Å²) in [5, 5.41) is 20.7. The minimum absolute atomic E-state index is 0.0552. The first-order valence-corrected chi connectivity index (χ1v) is 5.08.